The van der Waals surface area contributed by atoms with Gasteiger partial charge in [-0.3, -0.25) is 4.90 Å². The number of hydrogen-bond acceptors (Lipinski definition) is 5. The van der Waals surface area contributed by atoms with Crippen molar-refractivity contribution in [2.75, 3.05) is 31.1 Å². The molecule has 0 spiro atoms. The van der Waals surface area contributed by atoms with Crippen molar-refractivity contribution in [3.05, 3.63) is 76.9 Å². The Morgan fingerprint density at radius 3 is 2.45 bits per heavy atom. The first-order valence-corrected chi connectivity index (χ1v) is 11.0. The van der Waals surface area contributed by atoms with Crippen LogP contribution >= 0.6 is 22.9 Å². The Bertz CT molecular complexity index is 1120. The number of benzene rings is 2. The second kappa shape index (κ2) is 8.11. The van der Waals surface area contributed by atoms with E-state index >= 15 is 0 Å². The molecule has 4 aromatic rings. The highest BCUT2D eigenvalue weighted by Gasteiger charge is 2.22. The maximum absolute atomic E-state index is 6.34. The molecule has 0 unspecified atom stereocenters. The maximum Gasteiger partial charge on any atom is 0.141 e. The molecular formula is C23H21ClN4S. The molecule has 4 nitrogen and oxygen atoms in total. The van der Waals surface area contributed by atoms with Crippen molar-refractivity contribution in [3.8, 4) is 11.1 Å². The molecule has 0 bridgehead atoms. The molecule has 29 heavy (non-hydrogen) atoms. The number of anilines is 1. The molecule has 0 radical (unpaired) electrons. The van der Waals surface area contributed by atoms with Crippen LogP contribution in [0, 0.1) is 0 Å². The zero-order valence-corrected chi connectivity index (χ0v) is 17.5. The highest BCUT2D eigenvalue weighted by atomic mass is 35.5. The molecule has 0 amide bonds. The summed E-state index contributed by atoms with van der Waals surface area (Å²) in [7, 11) is 0. The molecule has 6 heteroatoms. The van der Waals surface area contributed by atoms with Gasteiger partial charge in [0.25, 0.3) is 0 Å². The molecule has 0 N–H and O–H groups in total. The second-order valence-electron chi connectivity index (χ2n) is 7.25. The number of piperazine rings is 1. The number of thiophene rings is 1. The Kier molecular flexibility index (Phi) is 5.19. The Balaban J connectivity index is 1.38. The molecule has 1 aliphatic rings. The average molecular weight is 421 g/mol. The van der Waals surface area contributed by atoms with E-state index in [4.69, 9.17) is 16.6 Å². The summed E-state index contributed by atoms with van der Waals surface area (Å²) in [5, 5.41) is 4.22. The van der Waals surface area contributed by atoms with Crippen LogP contribution < -0.4 is 4.90 Å². The van der Waals surface area contributed by atoms with Gasteiger partial charge < -0.3 is 4.90 Å². The van der Waals surface area contributed by atoms with E-state index in [0.717, 1.165) is 48.4 Å². The van der Waals surface area contributed by atoms with Gasteiger partial charge in [0.15, 0.2) is 0 Å². The van der Waals surface area contributed by atoms with Crippen molar-refractivity contribution in [2.24, 2.45) is 0 Å². The average Bonchev–Trinajstić information content (AvgIpc) is 3.21. The third kappa shape index (κ3) is 3.73. The van der Waals surface area contributed by atoms with Crippen molar-refractivity contribution in [3.63, 3.8) is 0 Å². The SMILES string of the molecule is Clc1ccccc1CN1CCN(c2ncnc3scc(-c4ccccc4)c23)CC1. The van der Waals surface area contributed by atoms with Crippen molar-refractivity contribution < 1.29 is 0 Å². The number of halogens is 1. The molecule has 1 fully saturated rings. The van der Waals surface area contributed by atoms with Crippen LogP contribution in [0.25, 0.3) is 21.3 Å². The van der Waals surface area contributed by atoms with E-state index in [-0.39, 0.29) is 0 Å². The van der Waals surface area contributed by atoms with Crippen LogP contribution in [-0.2, 0) is 6.54 Å². The predicted octanol–water partition coefficient (Wildman–Crippen LogP) is 5.33. The van der Waals surface area contributed by atoms with Gasteiger partial charge in [0, 0.05) is 48.7 Å². The molecule has 2 aromatic heterocycles. The topological polar surface area (TPSA) is 32.3 Å². The van der Waals surface area contributed by atoms with E-state index in [2.05, 4.69) is 56.6 Å². The molecule has 0 saturated carbocycles. The fraction of sp³-hybridized carbons (Fsp3) is 0.217. The van der Waals surface area contributed by atoms with Gasteiger partial charge in [-0.15, -0.1) is 11.3 Å². The number of aromatic nitrogens is 2. The Hall–Kier alpha value is -2.47. The quantitative estimate of drug-likeness (QED) is 0.446. The smallest absolute Gasteiger partial charge is 0.141 e. The van der Waals surface area contributed by atoms with Crippen molar-refractivity contribution in [2.45, 2.75) is 6.54 Å². The van der Waals surface area contributed by atoms with Gasteiger partial charge in [0.2, 0.25) is 0 Å². The van der Waals surface area contributed by atoms with Crippen molar-refractivity contribution in [1.29, 1.82) is 0 Å². The largest absolute Gasteiger partial charge is 0.353 e. The van der Waals surface area contributed by atoms with Gasteiger partial charge in [-0.05, 0) is 17.2 Å². The van der Waals surface area contributed by atoms with Gasteiger partial charge >= 0.3 is 0 Å². The number of hydrogen-bond donors (Lipinski definition) is 0. The first-order chi connectivity index (χ1) is 14.3. The summed E-state index contributed by atoms with van der Waals surface area (Å²) in [5.41, 5.74) is 3.63. The van der Waals surface area contributed by atoms with Crippen LogP contribution in [-0.4, -0.2) is 41.0 Å². The minimum Gasteiger partial charge on any atom is -0.353 e. The highest BCUT2D eigenvalue weighted by molar-refractivity contribution is 7.17. The lowest BCUT2D eigenvalue weighted by molar-refractivity contribution is 0.249. The minimum atomic E-state index is 0.846. The summed E-state index contributed by atoms with van der Waals surface area (Å²) in [6, 6.07) is 18.6. The first-order valence-electron chi connectivity index (χ1n) is 9.78. The van der Waals surface area contributed by atoms with Gasteiger partial charge in [0.1, 0.15) is 17.0 Å². The number of fused-ring (bicyclic) bond motifs is 1. The molecule has 1 aliphatic heterocycles. The van der Waals surface area contributed by atoms with Gasteiger partial charge in [-0.1, -0.05) is 60.1 Å². The summed E-state index contributed by atoms with van der Waals surface area (Å²) >= 11 is 8.03. The van der Waals surface area contributed by atoms with E-state index in [0.29, 0.717) is 0 Å². The van der Waals surface area contributed by atoms with E-state index in [1.165, 1.54) is 22.1 Å². The summed E-state index contributed by atoms with van der Waals surface area (Å²) in [6.07, 6.45) is 1.69. The Morgan fingerprint density at radius 1 is 0.897 bits per heavy atom. The normalized spacial score (nSPS) is 15.1. The lowest BCUT2D eigenvalue weighted by Crippen LogP contribution is -2.46. The van der Waals surface area contributed by atoms with Crippen LogP contribution in [0.1, 0.15) is 5.56 Å². The van der Waals surface area contributed by atoms with Gasteiger partial charge in [-0.2, -0.15) is 0 Å². The lowest BCUT2D eigenvalue weighted by atomic mass is 10.1. The molecule has 3 heterocycles. The van der Waals surface area contributed by atoms with Crippen molar-refractivity contribution >= 4 is 39.0 Å². The van der Waals surface area contributed by atoms with Gasteiger partial charge in [-0.25, -0.2) is 9.97 Å². The minimum absolute atomic E-state index is 0.846. The summed E-state index contributed by atoms with van der Waals surface area (Å²) < 4.78 is 0. The maximum atomic E-state index is 6.34. The van der Waals surface area contributed by atoms with E-state index in [1.54, 1.807) is 17.7 Å². The zero-order valence-electron chi connectivity index (χ0n) is 16.0. The fourth-order valence-electron chi connectivity index (χ4n) is 3.91. The van der Waals surface area contributed by atoms with Crippen LogP contribution in [0.5, 0.6) is 0 Å². The van der Waals surface area contributed by atoms with E-state index in [9.17, 15) is 0 Å². The molecule has 0 atom stereocenters. The molecule has 146 valence electrons. The molecule has 5 rings (SSSR count). The summed E-state index contributed by atoms with van der Waals surface area (Å²) in [6.45, 7) is 4.75. The van der Waals surface area contributed by atoms with E-state index in [1.807, 2.05) is 18.2 Å². The molecular weight excluding hydrogens is 400 g/mol. The second-order valence-corrected chi connectivity index (χ2v) is 8.51. The standard InChI is InChI=1S/C23H21ClN4S/c24-20-9-5-4-8-18(20)14-27-10-12-28(13-11-27)22-21-19(17-6-2-1-3-7-17)15-29-23(21)26-16-25-22/h1-9,15-16H,10-14H2. The van der Waals surface area contributed by atoms with Crippen LogP contribution in [0.15, 0.2) is 66.3 Å². The third-order valence-corrected chi connectivity index (χ3v) is 6.71. The summed E-state index contributed by atoms with van der Waals surface area (Å²) in [4.78, 5) is 15.1. The van der Waals surface area contributed by atoms with Crippen LogP contribution in [0.2, 0.25) is 5.02 Å². The first kappa shape index (κ1) is 18.6. The van der Waals surface area contributed by atoms with Crippen LogP contribution in [0.3, 0.4) is 0 Å². The lowest BCUT2D eigenvalue weighted by Gasteiger charge is -2.35. The Morgan fingerprint density at radius 2 is 1.66 bits per heavy atom. The summed E-state index contributed by atoms with van der Waals surface area (Å²) in [5.74, 6) is 1.05. The Labute approximate surface area is 179 Å². The highest BCUT2D eigenvalue weighted by Crippen LogP contribution is 2.38. The van der Waals surface area contributed by atoms with Crippen LogP contribution in [0.4, 0.5) is 5.82 Å². The number of rotatable bonds is 4. The van der Waals surface area contributed by atoms with Gasteiger partial charge in [0.05, 0.1) is 5.39 Å². The predicted molar refractivity (Wildman–Crippen MR) is 122 cm³/mol. The zero-order chi connectivity index (χ0) is 19.6. The molecule has 0 aliphatic carbocycles. The molecule has 2 aromatic carbocycles. The monoisotopic (exact) mass is 420 g/mol. The third-order valence-electron chi connectivity index (χ3n) is 5.46. The van der Waals surface area contributed by atoms with E-state index < -0.39 is 0 Å². The van der Waals surface area contributed by atoms with Crippen molar-refractivity contribution in [1.82, 2.24) is 14.9 Å². The number of nitrogens with zero attached hydrogens (tertiary/aromatic N) is 4. The fourth-order valence-corrected chi connectivity index (χ4v) is 5.02. The molecule has 1 saturated heterocycles.